The highest BCUT2D eigenvalue weighted by Crippen LogP contribution is 2.66. The summed E-state index contributed by atoms with van der Waals surface area (Å²) in [5.74, 6) is 4.31. The molecule has 1 heteroatoms. The van der Waals surface area contributed by atoms with E-state index < -0.39 is 0 Å². The molecule has 0 saturated heterocycles. The fourth-order valence-corrected chi connectivity index (χ4v) is 8.46. The number of rotatable bonds is 5. The maximum absolute atomic E-state index is 10.2. The molecule has 0 radical (unpaired) electrons. The van der Waals surface area contributed by atoms with E-state index in [-0.39, 0.29) is 6.10 Å². The summed E-state index contributed by atoms with van der Waals surface area (Å²) in [4.78, 5) is 0. The lowest BCUT2D eigenvalue weighted by Crippen LogP contribution is -2.45. The average molecular weight is 387 g/mol. The monoisotopic (exact) mass is 386 g/mol. The van der Waals surface area contributed by atoms with Crippen LogP contribution in [-0.4, -0.2) is 11.2 Å². The van der Waals surface area contributed by atoms with E-state index in [2.05, 4.69) is 34.6 Å². The van der Waals surface area contributed by atoms with Gasteiger partial charge in [0.15, 0.2) is 0 Å². The van der Waals surface area contributed by atoms with Gasteiger partial charge in [0.2, 0.25) is 0 Å². The van der Waals surface area contributed by atoms with Crippen LogP contribution in [0.15, 0.2) is 11.1 Å². The fraction of sp³-hybridized carbons (Fsp3) is 0.926. The van der Waals surface area contributed by atoms with Gasteiger partial charge in [-0.3, -0.25) is 0 Å². The maximum Gasteiger partial charge on any atom is 0.0543 e. The third kappa shape index (κ3) is 3.42. The van der Waals surface area contributed by atoms with E-state index in [4.69, 9.17) is 0 Å². The van der Waals surface area contributed by atoms with E-state index in [0.717, 1.165) is 42.4 Å². The van der Waals surface area contributed by atoms with Crippen LogP contribution in [0.25, 0.3) is 0 Å². The zero-order valence-electron chi connectivity index (χ0n) is 19.4. The molecule has 4 aliphatic rings. The molecule has 0 aliphatic heterocycles. The summed E-state index contributed by atoms with van der Waals surface area (Å²) in [5.41, 5.74) is 4.77. The van der Waals surface area contributed by atoms with Gasteiger partial charge in [0.1, 0.15) is 0 Å². The van der Waals surface area contributed by atoms with Gasteiger partial charge in [-0.2, -0.15) is 0 Å². The summed E-state index contributed by atoms with van der Waals surface area (Å²) in [6, 6.07) is 0. The molecule has 0 aromatic heterocycles. The molecule has 0 aromatic rings. The van der Waals surface area contributed by atoms with Crippen LogP contribution >= 0.6 is 0 Å². The van der Waals surface area contributed by atoms with Crippen LogP contribution < -0.4 is 0 Å². The van der Waals surface area contributed by atoms with Crippen molar-refractivity contribution < 1.29 is 5.11 Å². The minimum Gasteiger partial charge on any atom is -0.393 e. The highest BCUT2D eigenvalue weighted by atomic mass is 16.3. The largest absolute Gasteiger partial charge is 0.393 e. The Bertz CT molecular complexity index is 603. The lowest BCUT2D eigenvalue weighted by molar-refractivity contribution is 0.0132. The third-order valence-corrected chi connectivity index (χ3v) is 10.2. The Labute approximate surface area is 174 Å². The summed E-state index contributed by atoms with van der Waals surface area (Å²) in [5, 5.41) is 10.2. The molecule has 4 rings (SSSR count). The Morgan fingerprint density at radius 3 is 2.50 bits per heavy atom. The van der Waals surface area contributed by atoms with Gasteiger partial charge in [0.25, 0.3) is 0 Å². The summed E-state index contributed by atoms with van der Waals surface area (Å²) in [6.45, 7) is 12.6. The molecule has 0 bridgehead atoms. The van der Waals surface area contributed by atoms with Gasteiger partial charge in [-0.05, 0) is 98.2 Å². The normalized spacial score (nSPS) is 44.2. The Morgan fingerprint density at radius 1 is 0.964 bits per heavy atom. The summed E-state index contributed by atoms with van der Waals surface area (Å²) in [6.07, 6.45) is 16.0. The van der Waals surface area contributed by atoms with Crippen LogP contribution in [0.3, 0.4) is 0 Å². The number of allylic oxidation sites excluding steroid dienone is 2. The van der Waals surface area contributed by atoms with Gasteiger partial charge in [0.05, 0.1) is 6.10 Å². The van der Waals surface area contributed by atoms with Crippen LogP contribution in [0, 0.1) is 40.4 Å². The standard InChI is InChI=1S/C27H46O/c1-18(2)7-6-8-19(3)23-11-12-24-22-10-9-20-17-21(28)13-15-26(20,4)25(22)14-16-27(23,24)5/h18-21,23-24,28H,6-17H2,1-5H3. The Morgan fingerprint density at radius 2 is 1.75 bits per heavy atom. The zero-order chi connectivity index (χ0) is 20.1. The summed E-state index contributed by atoms with van der Waals surface area (Å²) >= 11 is 0. The number of aliphatic hydroxyl groups excluding tert-OH is 1. The second-order valence-corrected chi connectivity index (χ2v) is 12.1. The van der Waals surface area contributed by atoms with Gasteiger partial charge >= 0.3 is 0 Å². The van der Waals surface area contributed by atoms with Gasteiger partial charge in [0, 0.05) is 0 Å². The SMILES string of the molecule is CC(C)CCCC(C)C1CCC2C3=C(CCC21C)C1(C)CCC(O)CC1CC3. The van der Waals surface area contributed by atoms with Crippen LogP contribution in [0.4, 0.5) is 0 Å². The summed E-state index contributed by atoms with van der Waals surface area (Å²) < 4.78 is 0. The number of hydrogen-bond acceptors (Lipinski definition) is 1. The second kappa shape index (κ2) is 7.75. The van der Waals surface area contributed by atoms with Crippen molar-refractivity contribution >= 4 is 0 Å². The molecule has 0 heterocycles. The Kier molecular flexibility index (Phi) is 5.80. The van der Waals surface area contributed by atoms with Crippen LogP contribution in [-0.2, 0) is 0 Å². The predicted octanol–water partition coefficient (Wildman–Crippen LogP) is 7.53. The first-order valence-electron chi connectivity index (χ1n) is 12.7. The third-order valence-electron chi connectivity index (χ3n) is 10.2. The topological polar surface area (TPSA) is 20.2 Å². The van der Waals surface area contributed by atoms with Crippen LogP contribution in [0.1, 0.15) is 112 Å². The molecule has 1 N–H and O–H groups in total. The van der Waals surface area contributed by atoms with E-state index in [1.807, 2.05) is 11.1 Å². The number of hydrogen-bond donors (Lipinski definition) is 1. The van der Waals surface area contributed by atoms with Crippen molar-refractivity contribution in [1.29, 1.82) is 0 Å². The molecule has 2 fully saturated rings. The molecule has 4 aliphatic carbocycles. The van der Waals surface area contributed by atoms with Gasteiger partial charge < -0.3 is 5.11 Å². The number of aliphatic hydroxyl groups is 1. The first-order valence-corrected chi connectivity index (χ1v) is 12.7. The van der Waals surface area contributed by atoms with Crippen molar-refractivity contribution in [3.05, 3.63) is 11.1 Å². The van der Waals surface area contributed by atoms with Crippen molar-refractivity contribution in [2.45, 2.75) is 118 Å². The molecule has 1 nitrogen and oxygen atoms in total. The maximum atomic E-state index is 10.2. The van der Waals surface area contributed by atoms with E-state index in [1.54, 1.807) is 0 Å². The lowest BCUT2D eigenvalue weighted by Gasteiger charge is -2.55. The van der Waals surface area contributed by atoms with E-state index in [1.165, 1.54) is 64.2 Å². The van der Waals surface area contributed by atoms with Crippen molar-refractivity contribution in [3.63, 3.8) is 0 Å². The van der Waals surface area contributed by atoms with Gasteiger partial charge in [-0.15, -0.1) is 0 Å². The molecule has 7 atom stereocenters. The molecule has 0 aromatic carbocycles. The molecular formula is C27H46O. The van der Waals surface area contributed by atoms with Gasteiger partial charge in [-0.25, -0.2) is 0 Å². The molecule has 7 unspecified atom stereocenters. The van der Waals surface area contributed by atoms with Gasteiger partial charge in [-0.1, -0.05) is 65.0 Å². The van der Waals surface area contributed by atoms with Crippen molar-refractivity contribution in [2.24, 2.45) is 40.4 Å². The highest BCUT2D eigenvalue weighted by Gasteiger charge is 2.55. The molecule has 2 saturated carbocycles. The molecule has 160 valence electrons. The van der Waals surface area contributed by atoms with Crippen molar-refractivity contribution in [3.8, 4) is 0 Å². The molecule has 0 spiro atoms. The Balaban J connectivity index is 1.52. The minimum absolute atomic E-state index is 0.0309. The van der Waals surface area contributed by atoms with E-state index in [9.17, 15) is 5.11 Å². The minimum atomic E-state index is -0.0309. The predicted molar refractivity (Wildman–Crippen MR) is 119 cm³/mol. The van der Waals surface area contributed by atoms with E-state index in [0.29, 0.717) is 10.8 Å². The second-order valence-electron chi connectivity index (χ2n) is 12.1. The molecular weight excluding hydrogens is 340 g/mol. The smallest absolute Gasteiger partial charge is 0.0543 e. The summed E-state index contributed by atoms with van der Waals surface area (Å²) in [7, 11) is 0. The first kappa shape index (κ1) is 21.0. The van der Waals surface area contributed by atoms with Crippen molar-refractivity contribution in [2.75, 3.05) is 0 Å². The Hall–Kier alpha value is -0.300. The highest BCUT2D eigenvalue weighted by molar-refractivity contribution is 5.34. The first-order chi connectivity index (χ1) is 13.3. The molecule has 0 amide bonds. The van der Waals surface area contributed by atoms with Crippen LogP contribution in [0.2, 0.25) is 0 Å². The van der Waals surface area contributed by atoms with E-state index >= 15 is 0 Å². The average Bonchev–Trinajstić information content (AvgIpc) is 2.99. The fourth-order valence-electron chi connectivity index (χ4n) is 8.46. The van der Waals surface area contributed by atoms with Crippen molar-refractivity contribution in [1.82, 2.24) is 0 Å². The zero-order valence-corrected chi connectivity index (χ0v) is 19.4. The van der Waals surface area contributed by atoms with Crippen LogP contribution in [0.5, 0.6) is 0 Å². The number of fused-ring (bicyclic) bond motifs is 4. The molecule has 28 heavy (non-hydrogen) atoms. The lowest BCUT2D eigenvalue weighted by atomic mass is 9.50. The quantitative estimate of drug-likeness (QED) is 0.484.